The summed E-state index contributed by atoms with van der Waals surface area (Å²) in [5.41, 5.74) is 3.22. The van der Waals surface area contributed by atoms with E-state index in [1.807, 2.05) is 11.8 Å². The lowest BCUT2D eigenvalue weighted by molar-refractivity contribution is 0.0750. The molecule has 1 amide bonds. The van der Waals surface area contributed by atoms with Gasteiger partial charge in [-0.1, -0.05) is 4.49 Å². The molecule has 24 heavy (non-hydrogen) atoms. The van der Waals surface area contributed by atoms with Crippen LogP contribution in [-0.2, 0) is 12.8 Å². The van der Waals surface area contributed by atoms with Crippen molar-refractivity contribution in [3.8, 4) is 0 Å². The average Bonchev–Trinajstić information content (AvgIpc) is 3.07. The van der Waals surface area contributed by atoms with Crippen molar-refractivity contribution in [2.75, 3.05) is 31.1 Å². The fourth-order valence-corrected chi connectivity index (χ4v) is 3.97. The lowest BCUT2D eigenvalue weighted by Crippen LogP contribution is -2.49. The molecular weight excluding hydrogens is 324 g/mol. The number of amides is 1. The van der Waals surface area contributed by atoms with Crippen LogP contribution in [-0.4, -0.2) is 56.8 Å². The van der Waals surface area contributed by atoms with Gasteiger partial charge in [-0.15, -0.1) is 10.2 Å². The van der Waals surface area contributed by atoms with Crippen molar-refractivity contribution in [2.24, 2.45) is 0 Å². The van der Waals surface area contributed by atoms with Crippen LogP contribution in [0.4, 0.5) is 5.82 Å². The molecule has 4 rings (SSSR count). The van der Waals surface area contributed by atoms with Crippen LogP contribution >= 0.6 is 11.5 Å². The van der Waals surface area contributed by atoms with E-state index < -0.39 is 0 Å². The minimum atomic E-state index is 0.0404. The van der Waals surface area contributed by atoms with Crippen molar-refractivity contribution in [1.29, 1.82) is 0 Å². The fraction of sp³-hybridized carbons (Fsp3) is 0.562. The van der Waals surface area contributed by atoms with E-state index in [9.17, 15) is 4.79 Å². The van der Waals surface area contributed by atoms with Crippen LogP contribution in [0.1, 0.15) is 39.5 Å². The third-order valence-corrected chi connectivity index (χ3v) is 5.61. The van der Waals surface area contributed by atoms with Gasteiger partial charge in [-0.2, -0.15) is 5.10 Å². The van der Waals surface area contributed by atoms with Gasteiger partial charge in [0.2, 0.25) is 0 Å². The zero-order valence-corrected chi connectivity index (χ0v) is 14.6. The van der Waals surface area contributed by atoms with Crippen LogP contribution in [0.15, 0.2) is 6.07 Å². The summed E-state index contributed by atoms with van der Waals surface area (Å²) in [5, 5.41) is 12.7. The molecule has 1 aliphatic heterocycles. The number of carbonyl (C=O) groups is 1. The average molecular weight is 344 g/mol. The number of aromatic nitrogens is 4. The summed E-state index contributed by atoms with van der Waals surface area (Å²) in [6, 6.07) is 2.19. The van der Waals surface area contributed by atoms with Crippen LogP contribution in [0.2, 0.25) is 0 Å². The molecule has 2 aliphatic rings. The quantitative estimate of drug-likeness (QED) is 0.821. The highest BCUT2D eigenvalue weighted by Crippen LogP contribution is 2.23. The second-order valence-corrected chi connectivity index (χ2v) is 7.10. The SMILES string of the molecule is Cc1nnsc1C(=O)N1CCN(c2cc3c(nn2)CCCC3)CC1. The molecule has 1 fully saturated rings. The molecule has 2 aromatic heterocycles. The van der Waals surface area contributed by atoms with Crippen molar-refractivity contribution < 1.29 is 4.79 Å². The zero-order chi connectivity index (χ0) is 16.5. The van der Waals surface area contributed by atoms with Gasteiger partial charge in [0.1, 0.15) is 4.88 Å². The highest BCUT2D eigenvalue weighted by molar-refractivity contribution is 7.07. The molecule has 0 atom stereocenters. The molecule has 8 heteroatoms. The summed E-state index contributed by atoms with van der Waals surface area (Å²) >= 11 is 1.18. The summed E-state index contributed by atoms with van der Waals surface area (Å²) in [6.45, 7) is 4.77. The lowest BCUT2D eigenvalue weighted by Gasteiger charge is -2.35. The highest BCUT2D eigenvalue weighted by Gasteiger charge is 2.26. The maximum atomic E-state index is 12.5. The standard InChI is InChI=1S/C16H20N6OS/c1-11-15(24-20-17-11)16(23)22-8-6-21(7-9-22)14-10-12-4-2-3-5-13(12)18-19-14/h10H,2-9H2,1H3. The summed E-state index contributed by atoms with van der Waals surface area (Å²) in [7, 11) is 0. The van der Waals surface area contributed by atoms with Crippen molar-refractivity contribution in [1.82, 2.24) is 24.7 Å². The maximum absolute atomic E-state index is 12.5. The summed E-state index contributed by atoms with van der Waals surface area (Å²) in [5.74, 6) is 0.983. The van der Waals surface area contributed by atoms with Gasteiger partial charge >= 0.3 is 0 Å². The number of rotatable bonds is 2. The highest BCUT2D eigenvalue weighted by atomic mass is 32.1. The van der Waals surface area contributed by atoms with Crippen molar-refractivity contribution in [3.63, 3.8) is 0 Å². The third-order valence-electron chi connectivity index (χ3n) is 4.79. The number of carbonyl (C=O) groups excluding carboxylic acids is 1. The summed E-state index contributed by atoms with van der Waals surface area (Å²) < 4.78 is 3.86. The lowest BCUT2D eigenvalue weighted by atomic mass is 9.97. The molecule has 126 valence electrons. The Bertz CT molecular complexity index is 753. The van der Waals surface area contributed by atoms with Gasteiger partial charge in [0.25, 0.3) is 5.91 Å². The van der Waals surface area contributed by atoms with Crippen LogP contribution in [0.25, 0.3) is 0 Å². The number of anilines is 1. The Morgan fingerprint density at radius 1 is 1.08 bits per heavy atom. The van der Waals surface area contributed by atoms with Crippen LogP contribution < -0.4 is 4.90 Å². The number of piperazine rings is 1. The molecule has 0 aromatic carbocycles. The first-order valence-corrected chi connectivity index (χ1v) is 9.18. The Kier molecular flexibility index (Phi) is 4.13. The Morgan fingerprint density at radius 3 is 2.62 bits per heavy atom. The zero-order valence-electron chi connectivity index (χ0n) is 13.7. The molecule has 0 bridgehead atoms. The van der Waals surface area contributed by atoms with Crippen molar-refractivity contribution in [2.45, 2.75) is 32.6 Å². The van der Waals surface area contributed by atoms with Crippen LogP contribution in [0.3, 0.4) is 0 Å². The van der Waals surface area contributed by atoms with E-state index in [2.05, 4.69) is 30.8 Å². The molecule has 1 saturated heterocycles. The first-order chi connectivity index (χ1) is 11.7. The predicted octanol–water partition coefficient (Wildman–Crippen LogP) is 1.48. The minimum absolute atomic E-state index is 0.0404. The molecule has 3 heterocycles. The molecule has 0 unspecified atom stereocenters. The van der Waals surface area contributed by atoms with E-state index in [-0.39, 0.29) is 5.91 Å². The smallest absolute Gasteiger partial charge is 0.267 e. The van der Waals surface area contributed by atoms with Gasteiger partial charge in [0.15, 0.2) is 5.82 Å². The number of aryl methyl sites for hydroxylation is 3. The summed E-state index contributed by atoms with van der Waals surface area (Å²) in [4.78, 5) is 17.3. The molecule has 0 saturated carbocycles. The Hall–Kier alpha value is -2.09. The van der Waals surface area contributed by atoms with Crippen LogP contribution in [0, 0.1) is 6.92 Å². The number of hydrogen-bond acceptors (Lipinski definition) is 7. The Balaban J connectivity index is 1.43. The number of hydrogen-bond donors (Lipinski definition) is 0. The van der Waals surface area contributed by atoms with E-state index in [1.54, 1.807) is 0 Å². The fourth-order valence-electron chi connectivity index (χ4n) is 3.34. The predicted molar refractivity (Wildman–Crippen MR) is 91.4 cm³/mol. The monoisotopic (exact) mass is 344 g/mol. The molecular formula is C16H20N6OS. The Morgan fingerprint density at radius 2 is 1.88 bits per heavy atom. The first-order valence-electron chi connectivity index (χ1n) is 8.41. The normalized spacial score (nSPS) is 17.7. The molecule has 0 N–H and O–H groups in total. The minimum Gasteiger partial charge on any atom is -0.352 e. The maximum Gasteiger partial charge on any atom is 0.267 e. The third kappa shape index (κ3) is 2.86. The van der Waals surface area contributed by atoms with Crippen LogP contribution in [0.5, 0.6) is 0 Å². The molecule has 7 nitrogen and oxygen atoms in total. The second-order valence-electron chi connectivity index (χ2n) is 6.35. The number of fused-ring (bicyclic) bond motifs is 1. The van der Waals surface area contributed by atoms with Crippen molar-refractivity contribution >= 4 is 23.3 Å². The van der Waals surface area contributed by atoms with Gasteiger partial charge in [0, 0.05) is 26.2 Å². The second kappa shape index (κ2) is 6.43. The molecule has 1 aliphatic carbocycles. The van der Waals surface area contributed by atoms with Gasteiger partial charge in [-0.3, -0.25) is 4.79 Å². The van der Waals surface area contributed by atoms with E-state index >= 15 is 0 Å². The van der Waals surface area contributed by atoms with E-state index in [4.69, 9.17) is 0 Å². The Labute approximate surface area is 144 Å². The van der Waals surface area contributed by atoms with E-state index in [0.717, 1.165) is 37.4 Å². The van der Waals surface area contributed by atoms with Crippen molar-refractivity contribution in [3.05, 3.63) is 27.9 Å². The van der Waals surface area contributed by atoms with Gasteiger partial charge < -0.3 is 9.80 Å². The largest absolute Gasteiger partial charge is 0.352 e. The summed E-state index contributed by atoms with van der Waals surface area (Å²) in [6.07, 6.45) is 4.61. The molecule has 0 radical (unpaired) electrons. The molecule has 2 aromatic rings. The van der Waals surface area contributed by atoms with E-state index in [0.29, 0.717) is 23.7 Å². The molecule has 0 spiro atoms. The van der Waals surface area contributed by atoms with Gasteiger partial charge in [-0.05, 0) is 55.8 Å². The van der Waals surface area contributed by atoms with Gasteiger partial charge in [-0.25, -0.2) is 0 Å². The topological polar surface area (TPSA) is 75.1 Å². The van der Waals surface area contributed by atoms with Gasteiger partial charge in [0.05, 0.1) is 11.4 Å². The number of nitrogens with zero attached hydrogens (tertiary/aromatic N) is 6. The van der Waals surface area contributed by atoms with E-state index in [1.165, 1.54) is 29.9 Å². The first kappa shape index (κ1) is 15.4.